The third-order valence-corrected chi connectivity index (χ3v) is 19.7. The number of anilines is 8. The van der Waals surface area contributed by atoms with Gasteiger partial charge in [0, 0.05) is 76.1 Å². The van der Waals surface area contributed by atoms with Crippen LogP contribution in [0.2, 0.25) is 0 Å². The van der Waals surface area contributed by atoms with Crippen LogP contribution in [-0.2, 0) is 21.7 Å². The maximum atomic E-state index is 2.73. The van der Waals surface area contributed by atoms with E-state index in [0.717, 1.165) is 17.1 Å². The van der Waals surface area contributed by atoms with E-state index in [2.05, 4.69) is 317 Å². The van der Waals surface area contributed by atoms with Crippen LogP contribution in [0.15, 0.2) is 232 Å². The molecule has 6 heteroatoms. The highest BCUT2D eigenvalue weighted by Crippen LogP contribution is 2.55. The Morgan fingerprint density at radius 3 is 1.29 bits per heavy atom. The normalized spacial score (nSPS) is 13.7. The first-order valence-corrected chi connectivity index (χ1v) is 31.1. The molecule has 0 unspecified atom stereocenters. The van der Waals surface area contributed by atoms with E-state index in [1.165, 1.54) is 120 Å². The number of benzene rings is 10. The third kappa shape index (κ3) is 9.90. The zero-order valence-electron chi connectivity index (χ0n) is 50.4. The van der Waals surface area contributed by atoms with E-state index in [1.807, 2.05) is 23.5 Å². The van der Waals surface area contributed by atoms with E-state index in [9.17, 15) is 0 Å². The van der Waals surface area contributed by atoms with Crippen LogP contribution in [-0.4, -0.2) is 6.85 Å². The lowest BCUT2D eigenvalue weighted by atomic mass is 9.43. The topological polar surface area (TPSA) is 9.72 Å². The monoisotopic (exact) mass is 1120 g/mol. The second-order valence-electron chi connectivity index (χ2n) is 27.2. The van der Waals surface area contributed by atoms with E-state index in [-0.39, 0.29) is 28.5 Å². The summed E-state index contributed by atoms with van der Waals surface area (Å²) in [6.45, 7) is 29.8. The van der Waals surface area contributed by atoms with Gasteiger partial charge >= 0.3 is 6.85 Å². The van der Waals surface area contributed by atoms with Gasteiger partial charge in [0.1, 0.15) is 0 Å². The number of aryl methyl sites for hydroxylation is 1. The zero-order valence-corrected chi connectivity index (χ0v) is 52.1. The van der Waals surface area contributed by atoms with Crippen molar-refractivity contribution in [3.8, 4) is 33.4 Å². The van der Waals surface area contributed by atoms with Crippen molar-refractivity contribution in [2.45, 2.75) is 131 Å². The number of fused-ring (bicyclic) bond motifs is 6. The van der Waals surface area contributed by atoms with Crippen molar-refractivity contribution in [3.05, 3.63) is 240 Å². The molecule has 0 aliphatic carbocycles. The Morgan fingerprint density at radius 2 is 0.771 bits per heavy atom. The number of hydrogen-bond donors (Lipinski definition) is 0. The van der Waals surface area contributed by atoms with Gasteiger partial charge in [-0.3, -0.25) is 0 Å². The van der Waals surface area contributed by atoms with Gasteiger partial charge in [-0.15, -0.1) is 0 Å². The molecule has 3 nitrogen and oxygen atoms in total. The largest absolute Gasteiger partial charge is 0.376 e. The second kappa shape index (κ2) is 20.3. The highest BCUT2D eigenvalue weighted by Gasteiger charge is 2.47. The van der Waals surface area contributed by atoms with Crippen LogP contribution in [0.5, 0.6) is 0 Å². The molecular formula is C77H74BN3S2. The smallest absolute Gasteiger partial charge is 0.333 e. The fraction of sp³-hybridized carbons (Fsp3) is 0.221. The summed E-state index contributed by atoms with van der Waals surface area (Å²) in [6.07, 6.45) is 0. The summed E-state index contributed by atoms with van der Waals surface area (Å²) in [4.78, 5) is 13.0. The molecule has 0 aromatic heterocycles. The molecule has 0 saturated heterocycles. The van der Waals surface area contributed by atoms with Gasteiger partial charge in [-0.1, -0.05) is 222 Å². The van der Waals surface area contributed by atoms with Crippen LogP contribution in [0.25, 0.3) is 33.4 Å². The quantitative estimate of drug-likeness (QED) is 0.147. The minimum Gasteiger partial charge on any atom is -0.376 e. The third-order valence-electron chi connectivity index (χ3n) is 17.2. The van der Waals surface area contributed by atoms with Crippen molar-refractivity contribution in [2.24, 2.45) is 0 Å². The minimum atomic E-state index is -0.207. The maximum absolute atomic E-state index is 2.73. The van der Waals surface area contributed by atoms with Crippen molar-refractivity contribution >= 4 is 86.8 Å². The van der Waals surface area contributed by atoms with E-state index < -0.39 is 0 Å². The Kier molecular flexibility index (Phi) is 13.4. The SMILES string of the molecule is Cc1cc2c3c(c1)N(c1ccc(C(C)(C)C)cc1-c1ccccc1)c1cc4c(cc1B3N(c1ccc(C(C)(C)C)cc1-c1ccccc1)c1ccc(N(c3ccc(C(C)(C)C)cc3)c3ccc(C(C)(C)C)cc3)cc1-2)Sc1ccccc1S4. The van der Waals surface area contributed by atoms with Gasteiger partial charge in [0.25, 0.3) is 0 Å². The molecule has 13 rings (SSSR count). The molecule has 3 aliphatic heterocycles. The number of hydrogen-bond acceptors (Lipinski definition) is 5. The predicted octanol–water partition coefficient (Wildman–Crippen LogP) is 21.3. The highest BCUT2D eigenvalue weighted by atomic mass is 32.2. The van der Waals surface area contributed by atoms with Gasteiger partial charge in [-0.05, 0) is 181 Å². The molecule has 3 heterocycles. The van der Waals surface area contributed by atoms with Crippen molar-refractivity contribution < 1.29 is 0 Å². The maximum Gasteiger partial charge on any atom is 0.333 e. The Balaban J connectivity index is 1.13. The first-order valence-electron chi connectivity index (χ1n) is 29.5. The Bertz CT molecular complexity index is 4080. The second-order valence-corrected chi connectivity index (χ2v) is 29.4. The summed E-state index contributed by atoms with van der Waals surface area (Å²) in [5.41, 5.74) is 25.5. The highest BCUT2D eigenvalue weighted by molar-refractivity contribution is 8.05. The molecule has 0 radical (unpaired) electrons. The Morgan fingerprint density at radius 1 is 0.337 bits per heavy atom. The van der Waals surface area contributed by atoms with Crippen molar-refractivity contribution in [2.75, 3.05) is 14.6 Å². The molecule has 412 valence electrons. The molecule has 10 aromatic carbocycles. The fourth-order valence-electron chi connectivity index (χ4n) is 12.6. The molecule has 0 fully saturated rings. The summed E-state index contributed by atoms with van der Waals surface area (Å²) >= 11 is 3.80. The van der Waals surface area contributed by atoms with Crippen LogP contribution in [0.3, 0.4) is 0 Å². The molecular weight excluding hydrogens is 1040 g/mol. The zero-order chi connectivity index (χ0) is 57.9. The standard InChI is InChI=1S/C77H74BN3S2/c1-49-42-62-61-46-58(79(56-34-28-52(29-35-56)74(2,3)4)57-36-30-53(31-37-57)75(5,6)7)38-41-66(61)81(65-40-33-55(77(11,12)13)45-60(65)51-24-18-15-19-25-51)78-63-47-71-72(83-70-27-21-20-26-69(70)82-71)48-67(63)80(68(43-49)73(62)78)64-39-32-54(76(8,9)10)44-59(64)50-22-16-14-17-23-50/h14-48H,1-13H3. The van der Waals surface area contributed by atoms with Gasteiger partial charge in [-0.2, -0.15) is 0 Å². The Hall–Kier alpha value is -7.64. The van der Waals surface area contributed by atoms with E-state index in [1.54, 1.807) is 0 Å². The summed E-state index contributed by atoms with van der Waals surface area (Å²) in [5, 5.41) is 0. The van der Waals surface area contributed by atoms with Crippen LogP contribution in [0.4, 0.5) is 45.5 Å². The lowest BCUT2D eigenvalue weighted by Crippen LogP contribution is -2.61. The molecule has 0 spiro atoms. The number of rotatable bonds is 7. The van der Waals surface area contributed by atoms with Crippen LogP contribution in [0, 0.1) is 6.92 Å². The molecule has 0 N–H and O–H groups in total. The van der Waals surface area contributed by atoms with Gasteiger partial charge in [0.2, 0.25) is 0 Å². The Labute approximate surface area is 503 Å². The molecule has 10 aromatic rings. The summed E-state index contributed by atoms with van der Waals surface area (Å²) < 4.78 is 0. The average Bonchev–Trinajstić information content (AvgIpc) is 2.78. The molecule has 0 saturated carbocycles. The first-order chi connectivity index (χ1) is 39.6. The van der Waals surface area contributed by atoms with Crippen LogP contribution < -0.4 is 25.5 Å². The summed E-state index contributed by atoms with van der Waals surface area (Å²) in [5.74, 6) is 0. The van der Waals surface area contributed by atoms with E-state index in [0.29, 0.717) is 0 Å². The first kappa shape index (κ1) is 54.6. The van der Waals surface area contributed by atoms with Crippen LogP contribution >= 0.6 is 23.5 Å². The molecule has 0 bridgehead atoms. The van der Waals surface area contributed by atoms with Crippen molar-refractivity contribution in [3.63, 3.8) is 0 Å². The van der Waals surface area contributed by atoms with E-state index in [4.69, 9.17) is 0 Å². The molecule has 0 atom stereocenters. The van der Waals surface area contributed by atoms with Gasteiger partial charge in [0.15, 0.2) is 0 Å². The predicted molar refractivity (Wildman–Crippen MR) is 360 cm³/mol. The van der Waals surface area contributed by atoms with Gasteiger partial charge in [-0.25, -0.2) is 0 Å². The molecule has 83 heavy (non-hydrogen) atoms. The minimum absolute atomic E-state index is 0.0157. The number of nitrogens with zero attached hydrogens (tertiary/aromatic N) is 3. The van der Waals surface area contributed by atoms with E-state index >= 15 is 0 Å². The lowest BCUT2D eigenvalue weighted by Gasteiger charge is -2.47. The molecule has 0 amide bonds. The van der Waals surface area contributed by atoms with Gasteiger partial charge < -0.3 is 14.6 Å². The van der Waals surface area contributed by atoms with Gasteiger partial charge in [0.05, 0.1) is 5.69 Å². The van der Waals surface area contributed by atoms with Crippen molar-refractivity contribution in [1.82, 2.24) is 0 Å². The summed E-state index contributed by atoms with van der Waals surface area (Å²) in [7, 11) is 0. The van der Waals surface area contributed by atoms with Crippen molar-refractivity contribution in [1.29, 1.82) is 0 Å². The lowest BCUT2D eigenvalue weighted by molar-refractivity contribution is 0.590. The average molecular weight is 1120 g/mol. The van der Waals surface area contributed by atoms with Crippen LogP contribution in [0.1, 0.15) is 111 Å². The fourth-order valence-corrected chi connectivity index (χ4v) is 14.8. The molecule has 3 aliphatic rings. The summed E-state index contributed by atoms with van der Waals surface area (Å²) in [6, 6.07) is 81.5.